The number of hydrogen-bond acceptors (Lipinski definition) is 5. The van der Waals surface area contributed by atoms with Gasteiger partial charge in [0.15, 0.2) is 5.58 Å². The van der Waals surface area contributed by atoms with Crippen molar-refractivity contribution >= 4 is 34.7 Å². The number of nitrogens with one attached hydrogen (secondary N) is 1. The number of carbonyl (C=O) groups excluding carboxylic acids is 2. The van der Waals surface area contributed by atoms with E-state index in [4.69, 9.17) is 4.42 Å². The molecule has 0 radical (unpaired) electrons. The molecule has 6 nitrogen and oxygen atoms in total. The summed E-state index contributed by atoms with van der Waals surface area (Å²) in [5.74, 6) is 5.86. The molecule has 0 spiro atoms. The Morgan fingerprint density at radius 2 is 1.89 bits per heavy atom. The van der Waals surface area contributed by atoms with Gasteiger partial charge in [-0.2, -0.15) is 0 Å². The van der Waals surface area contributed by atoms with E-state index in [1.807, 2.05) is 24.3 Å². The molecule has 0 saturated carbocycles. The first-order chi connectivity index (χ1) is 13.5. The van der Waals surface area contributed by atoms with E-state index in [0.29, 0.717) is 16.4 Å². The number of rotatable bonds is 5. The molecule has 1 heterocycles. The standard InChI is InChI=1S/C21H19N3O3S/c1-24(2)20(26)16-11-9-15(10-12-16)6-5-13-22-19(25)14-28-21-23-17-7-3-4-8-18(17)27-21/h3-4,7-12H,13-14H2,1-2H3,(H,22,25). The smallest absolute Gasteiger partial charge is 0.257 e. The van der Waals surface area contributed by atoms with Crippen LogP contribution in [0.25, 0.3) is 11.1 Å². The number of benzene rings is 2. The molecule has 3 aromatic rings. The second-order valence-electron chi connectivity index (χ2n) is 6.09. The van der Waals surface area contributed by atoms with E-state index in [1.54, 1.807) is 38.4 Å². The lowest BCUT2D eigenvalue weighted by molar-refractivity contribution is -0.118. The molecule has 142 valence electrons. The highest BCUT2D eigenvalue weighted by Crippen LogP contribution is 2.22. The highest BCUT2D eigenvalue weighted by atomic mass is 32.2. The van der Waals surface area contributed by atoms with Crippen LogP contribution in [0.5, 0.6) is 0 Å². The monoisotopic (exact) mass is 393 g/mol. The SMILES string of the molecule is CN(C)C(=O)c1ccc(C#CCNC(=O)CSc2nc3ccccc3o2)cc1. The summed E-state index contributed by atoms with van der Waals surface area (Å²) >= 11 is 1.24. The van der Waals surface area contributed by atoms with Crippen molar-refractivity contribution in [2.24, 2.45) is 0 Å². The lowest BCUT2D eigenvalue weighted by Crippen LogP contribution is -2.25. The number of carbonyl (C=O) groups is 2. The van der Waals surface area contributed by atoms with Crippen LogP contribution in [-0.2, 0) is 4.79 Å². The molecule has 0 aliphatic rings. The summed E-state index contributed by atoms with van der Waals surface area (Å²) in [5, 5.41) is 3.21. The van der Waals surface area contributed by atoms with Gasteiger partial charge in [-0.05, 0) is 36.4 Å². The molecule has 28 heavy (non-hydrogen) atoms. The Bertz CT molecular complexity index is 1010. The fourth-order valence-electron chi connectivity index (χ4n) is 2.33. The molecule has 7 heteroatoms. The van der Waals surface area contributed by atoms with Gasteiger partial charge in [-0.3, -0.25) is 9.59 Å². The number of para-hydroxylation sites is 2. The van der Waals surface area contributed by atoms with Crippen molar-refractivity contribution in [1.82, 2.24) is 15.2 Å². The fourth-order valence-corrected chi connectivity index (χ4v) is 3.00. The van der Waals surface area contributed by atoms with Gasteiger partial charge in [0.05, 0.1) is 12.3 Å². The van der Waals surface area contributed by atoms with Gasteiger partial charge < -0.3 is 14.6 Å². The zero-order valence-corrected chi connectivity index (χ0v) is 16.4. The Kier molecular flexibility index (Phi) is 6.35. The van der Waals surface area contributed by atoms with Gasteiger partial charge in [0.1, 0.15) is 5.52 Å². The molecule has 0 unspecified atom stereocenters. The highest BCUT2D eigenvalue weighted by Gasteiger charge is 2.08. The summed E-state index contributed by atoms with van der Waals surface area (Å²) in [6.07, 6.45) is 0. The van der Waals surface area contributed by atoms with Crippen molar-refractivity contribution in [2.45, 2.75) is 5.22 Å². The molecule has 0 aliphatic carbocycles. The average molecular weight is 393 g/mol. The molecule has 0 saturated heterocycles. The first kappa shape index (κ1) is 19.5. The van der Waals surface area contributed by atoms with E-state index >= 15 is 0 Å². The van der Waals surface area contributed by atoms with E-state index in [9.17, 15) is 9.59 Å². The minimum absolute atomic E-state index is 0.0526. The van der Waals surface area contributed by atoms with Crippen molar-refractivity contribution in [3.05, 3.63) is 59.7 Å². The maximum absolute atomic E-state index is 11.9. The largest absolute Gasteiger partial charge is 0.431 e. The van der Waals surface area contributed by atoms with Crippen molar-refractivity contribution in [2.75, 3.05) is 26.4 Å². The number of nitrogens with zero attached hydrogens (tertiary/aromatic N) is 2. The number of oxazole rings is 1. The van der Waals surface area contributed by atoms with E-state index in [0.717, 1.165) is 11.1 Å². The molecule has 0 aliphatic heterocycles. The summed E-state index contributed by atoms with van der Waals surface area (Å²) in [7, 11) is 3.42. The summed E-state index contributed by atoms with van der Waals surface area (Å²) in [6.45, 7) is 0.241. The third-order valence-corrected chi connectivity index (χ3v) is 4.57. The van der Waals surface area contributed by atoms with Gasteiger partial charge >= 0.3 is 0 Å². The number of fused-ring (bicyclic) bond motifs is 1. The van der Waals surface area contributed by atoms with Crippen LogP contribution in [0.1, 0.15) is 15.9 Å². The van der Waals surface area contributed by atoms with E-state index in [1.165, 1.54) is 16.7 Å². The van der Waals surface area contributed by atoms with Crippen LogP contribution < -0.4 is 5.32 Å². The molecule has 0 atom stereocenters. The van der Waals surface area contributed by atoms with Crippen molar-refractivity contribution in [1.29, 1.82) is 0 Å². The van der Waals surface area contributed by atoms with Gasteiger partial charge in [-0.25, -0.2) is 4.98 Å². The Morgan fingerprint density at radius 1 is 1.14 bits per heavy atom. The predicted octanol–water partition coefficient (Wildman–Crippen LogP) is 2.79. The van der Waals surface area contributed by atoms with Crippen LogP contribution in [0.2, 0.25) is 0 Å². The third-order valence-electron chi connectivity index (χ3n) is 3.75. The Balaban J connectivity index is 1.44. The molecule has 3 rings (SSSR count). The molecule has 0 bridgehead atoms. The number of amides is 2. The van der Waals surface area contributed by atoms with Crippen molar-refractivity contribution in [3.63, 3.8) is 0 Å². The second kappa shape index (κ2) is 9.11. The highest BCUT2D eigenvalue weighted by molar-refractivity contribution is 7.99. The Labute approximate surface area is 167 Å². The number of hydrogen-bond donors (Lipinski definition) is 1. The third kappa shape index (κ3) is 5.15. The van der Waals surface area contributed by atoms with Crippen molar-refractivity contribution in [3.8, 4) is 11.8 Å². The minimum Gasteiger partial charge on any atom is -0.431 e. The van der Waals surface area contributed by atoms with Crippen LogP contribution >= 0.6 is 11.8 Å². The predicted molar refractivity (Wildman–Crippen MR) is 109 cm³/mol. The van der Waals surface area contributed by atoms with Crippen LogP contribution in [0.3, 0.4) is 0 Å². The van der Waals surface area contributed by atoms with E-state index < -0.39 is 0 Å². The topological polar surface area (TPSA) is 75.4 Å². The molecule has 1 aromatic heterocycles. The quantitative estimate of drug-likeness (QED) is 0.533. The average Bonchev–Trinajstić information content (AvgIpc) is 3.12. The van der Waals surface area contributed by atoms with Gasteiger partial charge in [0.25, 0.3) is 11.1 Å². The molecule has 2 aromatic carbocycles. The van der Waals surface area contributed by atoms with Crippen LogP contribution in [0.4, 0.5) is 0 Å². The molecule has 2 amide bonds. The number of aromatic nitrogens is 1. The first-order valence-corrected chi connectivity index (χ1v) is 9.57. The lowest BCUT2D eigenvalue weighted by atomic mass is 10.1. The lowest BCUT2D eigenvalue weighted by Gasteiger charge is -2.09. The normalized spacial score (nSPS) is 10.2. The summed E-state index contributed by atoms with van der Waals surface area (Å²) in [6, 6.07) is 14.5. The zero-order chi connectivity index (χ0) is 19.9. The number of thioether (sulfide) groups is 1. The zero-order valence-electron chi connectivity index (χ0n) is 15.6. The minimum atomic E-state index is -0.145. The fraction of sp³-hybridized carbons (Fsp3) is 0.190. The Hall–Kier alpha value is -3.24. The van der Waals surface area contributed by atoms with E-state index in [-0.39, 0.29) is 24.1 Å². The van der Waals surface area contributed by atoms with Crippen LogP contribution in [0, 0.1) is 11.8 Å². The van der Waals surface area contributed by atoms with Gasteiger partial charge in [0.2, 0.25) is 5.91 Å². The van der Waals surface area contributed by atoms with Gasteiger partial charge in [0, 0.05) is 25.2 Å². The molecular formula is C21H19N3O3S. The molecule has 0 fully saturated rings. The maximum atomic E-state index is 11.9. The summed E-state index contributed by atoms with van der Waals surface area (Å²) in [5.41, 5.74) is 2.87. The first-order valence-electron chi connectivity index (χ1n) is 8.58. The maximum Gasteiger partial charge on any atom is 0.257 e. The van der Waals surface area contributed by atoms with Crippen LogP contribution in [0.15, 0.2) is 58.2 Å². The van der Waals surface area contributed by atoms with Crippen LogP contribution in [-0.4, -0.2) is 48.1 Å². The molecule has 1 N–H and O–H groups in total. The van der Waals surface area contributed by atoms with Gasteiger partial charge in [-0.15, -0.1) is 0 Å². The second-order valence-corrected chi connectivity index (χ2v) is 7.02. The van der Waals surface area contributed by atoms with Gasteiger partial charge in [-0.1, -0.05) is 35.7 Å². The molecular weight excluding hydrogens is 374 g/mol. The van der Waals surface area contributed by atoms with E-state index in [2.05, 4.69) is 22.1 Å². The summed E-state index contributed by atoms with van der Waals surface area (Å²) < 4.78 is 5.56. The summed E-state index contributed by atoms with van der Waals surface area (Å²) in [4.78, 5) is 29.6. The Morgan fingerprint density at radius 3 is 2.61 bits per heavy atom. The van der Waals surface area contributed by atoms with Crippen molar-refractivity contribution < 1.29 is 14.0 Å².